The zero-order valence-corrected chi connectivity index (χ0v) is 20.4. The molecule has 2 aromatic carbocycles. The zero-order chi connectivity index (χ0) is 24.6. The lowest BCUT2D eigenvalue weighted by Crippen LogP contribution is -2.41. The van der Waals surface area contributed by atoms with Gasteiger partial charge in [-0.05, 0) is 72.1 Å². The van der Waals surface area contributed by atoms with Gasteiger partial charge in [-0.2, -0.15) is 14.7 Å². The molecule has 1 heterocycles. The highest BCUT2D eigenvalue weighted by Gasteiger charge is 2.46. The molecule has 2 atom stereocenters. The highest BCUT2D eigenvalue weighted by molar-refractivity contribution is 7.88. The summed E-state index contributed by atoms with van der Waals surface area (Å²) in [5.41, 5.74) is 4.66. The van der Waals surface area contributed by atoms with Gasteiger partial charge >= 0.3 is 0 Å². The van der Waals surface area contributed by atoms with Crippen molar-refractivity contribution in [2.24, 2.45) is 11.3 Å². The normalized spacial score (nSPS) is 21.3. The molecular weight excluding hydrogens is 463 g/mol. The molecule has 8 heteroatoms. The molecule has 0 saturated heterocycles. The minimum atomic E-state index is -3.64. The number of allylic oxidation sites excluding steroid dienone is 1. The summed E-state index contributed by atoms with van der Waals surface area (Å²) in [6.07, 6.45) is 6.50. The van der Waals surface area contributed by atoms with Crippen LogP contribution in [0, 0.1) is 28.5 Å². The van der Waals surface area contributed by atoms with Crippen molar-refractivity contribution < 1.29 is 12.8 Å². The zero-order valence-electron chi connectivity index (χ0n) is 19.6. The van der Waals surface area contributed by atoms with Gasteiger partial charge in [-0.3, -0.25) is 0 Å². The number of rotatable bonds is 7. The van der Waals surface area contributed by atoms with Crippen molar-refractivity contribution in [3.8, 4) is 11.8 Å². The standard InChI is InChI=1S/C27H27FN4O2S/c1-27-16-21-17-30-32(25-11-9-24(28)10-12-25)26(21)15-22(27)7-8-23(27)18-31(14-13-29)35(33,34)19-20-5-3-2-4-6-20/h2-6,9-12,15,17,23H,7-8,14,16,18-19H2,1H3/t23-,27+/m1/s1. The Morgan fingerprint density at radius 1 is 1.20 bits per heavy atom. The van der Waals surface area contributed by atoms with Crippen molar-refractivity contribution in [2.45, 2.75) is 31.9 Å². The Kier molecular flexibility index (Phi) is 6.07. The van der Waals surface area contributed by atoms with Crippen molar-refractivity contribution in [3.05, 3.63) is 89.0 Å². The maximum Gasteiger partial charge on any atom is 0.219 e. The molecule has 0 amide bonds. The van der Waals surface area contributed by atoms with E-state index in [0.29, 0.717) is 12.1 Å². The first-order valence-corrected chi connectivity index (χ1v) is 13.3. The number of nitriles is 1. The predicted octanol–water partition coefficient (Wildman–Crippen LogP) is 4.72. The lowest BCUT2D eigenvalue weighted by atomic mass is 9.70. The number of halogens is 1. The van der Waals surface area contributed by atoms with Crippen molar-refractivity contribution in [1.82, 2.24) is 14.1 Å². The van der Waals surface area contributed by atoms with Gasteiger partial charge in [0.05, 0.1) is 29.4 Å². The van der Waals surface area contributed by atoms with Gasteiger partial charge in [0.2, 0.25) is 10.0 Å². The van der Waals surface area contributed by atoms with Crippen molar-refractivity contribution in [1.29, 1.82) is 5.26 Å². The van der Waals surface area contributed by atoms with Crippen LogP contribution in [0.3, 0.4) is 0 Å². The Bertz CT molecular complexity index is 1410. The third kappa shape index (κ3) is 4.42. The lowest BCUT2D eigenvalue weighted by Gasteiger charge is -2.37. The van der Waals surface area contributed by atoms with Gasteiger partial charge in [0.25, 0.3) is 0 Å². The second kappa shape index (κ2) is 9.06. The number of fused-ring (bicyclic) bond motifs is 2. The van der Waals surface area contributed by atoms with E-state index in [1.54, 1.807) is 24.3 Å². The molecule has 0 N–H and O–H groups in total. The van der Waals surface area contributed by atoms with Crippen LogP contribution in [-0.4, -0.2) is 35.6 Å². The van der Waals surface area contributed by atoms with Crippen molar-refractivity contribution in [3.63, 3.8) is 0 Å². The van der Waals surface area contributed by atoms with Gasteiger partial charge in [0, 0.05) is 6.54 Å². The molecule has 0 spiro atoms. The van der Waals surface area contributed by atoms with Crippen LogP contribution in [0.2, 0.25) is 0 Å². The summed E-state index contributed by atoms with van der Waals surface area (Å²) in [6.45, 7) is 2.36. The molecule has 1 fully saturated rings. The lowest BCUT2D eigenvalue weighted by molar-refractivity contribution is 0.227. The number of hydrogen-bond donors (Lipinski definition) is 0. The summed E-state index contributed by atoms with van der Waals surface area (Å²) >= 11 is 0. The average molecular weight is 491 g/mol. The quantitative estimate of drug-likeness (QED) is 0.449. The maximum atomic E-state index is 13.4. The van der Waals surface area contributed by atoms with Crippen LogP contribution in [0.5, 0.6) is 0 Å². The van der Waals surface area contributed by atoms with E-state index in [4.69, 9.17) is 0 Å². The van der Waals surface area contributed by atoms with Crippen molar-refractivity contribution >= 4 is 16.1 Å². The summed E-state index contributed by atoms with van der Waals surface area (Å²) in [7, 11) is -3.64. The van der Waals surface area contributed by atoms with Crippen LogP contribution in [0.1, 0.15) is 36.6 Å². The van der Waals surface area contributed by atoms with Crippen LogP contribution in [0.4, 0.5) is 4.39 Å². The fourth-order valence-corrected chi connectivity index (χ4v) is 6.95. The maximum absolute atomic E-state index is 13.4. The Labute approximate surface area is 205 Å². The van der Waals surface area contributed by atoms with Gasteiger partial charge in [-0.1, -0.05) is 42.8 Å². The first kappa shape index (κ1) is 23.5. The van der Waals surface area contributed by atoms with Gasteiger partial charge in [-0.25, -0.2) is 17.5 Å². The van der Waals surface area contributed by atoms with E-state index < -0.39 is 10.0 Å². The third-order valence-corrected chi connectivity index (χ3v) is 9.24. The number of nitrogens with zero attached hydrogens (tertiary/aromatic N) is 4. The average Bonchev–Trinajstić information content (AvgIpc) is 3.37. The van der Waals surface area contributed by atoms with E-state index in [2.05, 4.69) is 24.2 Å². The highest BCUT2D eigenvalue weighted by Crippen LogP contribution is 2.53. The Hall–Kier alpha value is -3.28. The number of sulfonamides is 1. The molecule has 1 saturated carbocycles. The van der Waals surface area contributed by atoms with E-state index in [1.807, 2.05) is 29.1 Å². The van der Waals surface area contributed by atoms with E-state index >= 15 is 0 Å². The second-order valence-electron chi connectivity index (χ2n) is 9.64. The van der Waals surface area contributed by atoms with E-state index in [-0.39, 0.29) is 29.4 Å². The number of benzene rings is 2. The Morgan fingerprint density at radius 3 is 2.66 bits per heavy atom. The summed E-state index contributed by atoms with van der Waals surface area (Å²) < 4.78 is 43.1. The smallest absolute Gasteiger partial charge is 0.219 e. The van der Waals surface area contributed by atoms with E-state index in [0.717, 1.165) is 36.2 Å². The highest BCUT2D eigenvalue weighted by atomic mass is 32.2. The molecule has 5 rings (SSSR count). The Balaban J connectivity index is 1.40. The van der Waals surface area contributed by atoms with E-state index in [9.17, 15) is 18.1 Å². The second-order valence-corrected chi connectivity index (χ2v) is 11.6. The molecule has 0 aliphatic heterocycles. The minimum absolute atomic E-state index is 0.0926. The number of aromatic nitrogens is 2. The van der Waals surface area contributed by atoms with Crippen LogP contribution in [-0.2, 0) is 22.2 Å². The van der Waals surface area contributed by atoms with Crippen LogP contribution in [0.25, 0.3) is 11.8 Å². The van der Waals surface area contributed by atoms with Crippen LogP contribution >= 0.6 is 0 Å². The molecule has 2 aliphatic rings. The Morgan fingerprint density at radius 2 is 1.94 bits per heavy atom. The largest absolute Gasteiger partial charge is 0.233 e. The molecule has 0 radical (unpaired) electrons. The van der Waals surface area contributed by atoms with Crippen LogP contribution in [0.15, 0.2) is 66.4 Å². The molecule has 35 heavy (non-hydrogen) atoms. The van der Waals surface area contributed by atoms with Gasteiger partial charge in [-0.15, -0.1) is 0 Å². The summed E-state index contributed by atoms with van der Waals surface area (Å²) in [4.78, 5) is 0. The summed E-state index contributed by atoms with van der Waals surface area (Å²) in [6, 6.07) is 17.4. The van der Waals surface area contributed by atoms with Crippen LogP contribution < -0.4 is 0 Å². The molecule has 1 aromatic heterocycles. The van der Waals surface area contributed by atoms with E-state index in [1.165, 1.54) is 22.0 Å². The fraction of sp³-hybridized carbons (Fsp3) is 0.333. The SMILES string of the molecule is C[C@]12Cc3cnn(-c4ccc(F)cc4)c3C=C1CC[C@@H]2CN(CC#N)S(=O)(=O)Cc1ccccc1. The first-order valence-electron chi connectivity index (χ1n) is 11.7. The fourth-order valence-electron chi connectivity index (χ4n) is 5.49. The molecule has 6 nitrogen and oxygen atoms in total. The van der Waals surface area contributed by atoms with Gasteiger partial charge < -0.3 is 0 Å². The molecule has 3 aromatic rings. The molecule has 2 aliphatic carbocycles. The summed E-state index contributed by atoms with van der Waals surface area (Å²) in [5, 5.41) is 14.0. The summed E-state index contributed by atoms with van der Waals surface area (Å²) in [5.74, 6) is -0.311. The number of hydrogen-bond acceptors (Lipinski definition) is 4. The predicted molar refractivity (Wildman–Crippen MR) is 132 cm³/mol. The minimum Gasteiger partial charge on any atom is -0.233 e. The van der Waals surface area contributed by atoms with Gasteiger partial charge in [0.15, 0.2) is 0 Å². The molecule has 180 valence electrons. The molecule has 0 bridgehead atoms. The topological polar surface area (TPSA) is 79.0 Å². The molecule has 0 unspecified atom stereocenters. The first-order chi connectivity index (χ1) is 16.8. The third-order valence-electron chi connectivity index (χ3n) is 7.48. The van der Waals surface area contributed by atoms with Crippen molar-refractivity contribution in [2.75, 3.05) is 13.1 Å². The molecular formula is C27H27FN4O2S. The van der Waals surface area contributed by atoms with Gasteiger partial charge in [0.1, 0.15) is 12.4 Å². The monoisotopic (exact) mass is 490 g/mol.